The molecule has 0 aliphatic rings. The van der Waals surface area contributed by atoms with E-state index < -0.39 is 0 Å². The van der Waals surface area contributed by atoms with E-state index in [1.54, 1.807) is 11.3 Å². The average Bonchev–Trinajstić information content (AvgIpc) is 2.75. The van der Waals surface area contributed by atoms with Crippen LogP contribution in [0.5, 0.6) is 0 Å². The van der Waals surface area contributed by atoms with Gasteiger partial charge in [-0.2, -0.15) is 0 Å². The molecule has 7 heteroatoms. The smallest absolute Gasteiger partial charge is 0.253 e. The zero-order valence-electron chi connectivity index (χ0n) is 9.11. The minimum absolute atomic E-state index is 0.218. The van der Waals surface area contributed by atoms with Gasteiger partial charge in [0.05, 0.1) is 17.1 Å². The zero-order valence-corrected chi connectivity index (χ0v) is 12.3. The molecule has 0 aliphatic carbocycles. The van der Waals surface area contributed by atoms with Gasteiger partial charge in [-0.05, 0) is 28.1 Å². The maximum Gasteiger partial charge on any atom is 0.253 e. The Hall–Kier alpha value is -1.11. The third kappa shape index (κ3) is 3.22. The lowest BCUT2D eigenvalue weighted by molar-refractivity contribution is 0.0951. The van der Waals surface area contributed by atoms with Crippen LogP contribution in [0.4, 0.5) is 5.82 Å². The van der Waals surface area contributed by atoms with E-state index in [1.165, 1.54) is 12.3 Å². The number of carbonyl (C=O) groups excluding carboxylic acids is 1. The summed E-state index contributed by atoms with van der Waals surface area (Å²) in [4.78, 5) is 16.7. The van der Waals surface area contributed by atoms with Gasteiger partial charge in [-0.25, -0.2) is 4.98 Å². The number of nitrogens with two attached hydrogens (primary N) is 1. The molecule has 4 nitrogen and oxygen atoms in total. The van der Waals surface area contributed by atoms with E-state index in [0.717, 1.165) is 9.35 Å². The molecular formula is C11H9BrClN3OS. The number of amides is 1. The molecule has 0 atom stereocenters. The van der Waals surface area contributed by atoms with E-state index in [4.69, 9.17) is 17.3 Å². The van der Waals surface area contributed by atoms with Gasteiger partial charge in [-0.1, -0.05) is 11.6 Å². The van der Waals surface area contributed by atoms with Crippen LogP contribution >= 0.6 is 38.9 Å². The number of rotatable bonds is 3. The number of nitrogens with one attached hydrogen (secondary N) is 1. The minimum Gasteiger partial charge on any atom is -0.382 e. The fourth-order valence-corrected chi connectivity index (χ4v) is 2.85. The van der Waals surface area contributed by atoms with Crippen molar-refractivity contribution in [2.45, 2.75) is 6.54 Å². The highest BCUT2D eigenvalue weighted by Gasteiger charge is 2.08. The second kappa shape index (κ2) is 5.69. The van der Waals surface area contributed by atoms with Crippen molar-refractivity contribution in [3.63, 3.8) is 0 Å². The predicted octanol–water partition coefficient (Wildman–Crippen LogP) is 3.07. The Morgan fingerprint density at radius 2 is 2.33 bits per heavy atom. The maximum absolute atomic E-state index is 11.8. The first-order valence-corrected chi connectivity index (χ1v) is 7.03. The average molecular weight is 347 g/mol. The lowest BCUT2D eigenvalue weighted by atomic mass is 10.2. The molecule has 0 radical (unpaired) electrons. The monoisotopic (exact) mass is 345 g/mol. The van der Waals surface area contributed by atoms with Crippen LogP contribution in [-0.2, 0) is 6.54 Å². The predicted molar refractivity (Wildman–Crippen MR) is 76.8 cm³/mol. The number of nitrogen functional groups attached to an aromatic ring is 1. The van der Waals surface area contributed by atoms with Gasteiger partial charge < -0.3 is 11.1 Å². The highest BCUT2D eigenvalue weighted by Crippen LogP contribution is 2.20. The number of carbonyl (C=O) groups is 1. The molecule has 2 rings (SSSR count). The molecule has 2 aromatic rings. The molecule has 0 saturated carbocycles. The Bertz CT molecular complexity index is 587. The summed E-state index contributed by atoms with van der Waals surface area (Å²) >= 11 is 10.7. The zero-order chi connectivity index (χ0) is 13.1. The summed E-state index contributed by atoms with van der Waals surface area (Å²) in [6.07, 6.45) is 1.40. The van der Waals surface area contributed by atoms with Crippen LogP contribution < -0.4 is 11.1 Å². The molecule has 0 aromatic carbocycles. The van der Waals surface area contributed by atoms with Crippen LogP contribution in [-0.4, -0.2) is 10.9 Å². The number of anilines is 1. The molecule has 0 spiro atoms. The Morgan fingerprint density at radius 3 is 2.94 bits per heavy atom. The summed E-state index contributed by atoms with van der Waals surface area (Å²) in [7, 11) is 0. The van der Waals surface area contributed by atoms with Crippen LogP contribution in [0.1, 0.15) is 15.2 Å². The van der Waals surface area contributed by atoms with E-state index in [0.29, 0.717) is 12.1 Å². The first-order valence-electron chi connectivity index (χ1n) is 4.98. The number of hydrogen-bond donors (Lipinski definition) is 2. The van der Waals surface area contributed by atoms with Gasteiger partial charge in [-0.15, -0.1) is 11.3 Å². The molecule has 3 N–H and O–H groups in total. The van der Waals surface area contributed by atoms with Crippen molar-refractivity contribution in [1.29, 1.82) is 0 Å². The normalized spacial score (nSPS) is 10.3. The van der Waals surface area contributed by atoms with E-state index in [1.807, 2.05) is 11.4 Å². The van der Waals surface area contributed by atoms with Gasteiger partial charge in [0, 0.05) is 20.9 Å². The van der Waals surface area contributed by atoms with Crippen molar-refractivity contribution in [2.24, 2.45) is 0 Å². The Kier molecular flexibility index (Phi) is 4.21. The van der Waals surface area contributed by atoms with Crippen LogP contribution in [0.25, 0.3) is 0 Å². The molecule has 2 aromatic heterocycles. The van der Waals surface area contributed by atoms with Crippen LogP contribution in [0.2, 0.25) is 5.02 Å². The highest BCUT2D eigenvalue weighted by molar-refractivity contribution is 9.10. The second-order valence-electron chi connectivity index (χ2n) is 3.50. The molecule has 0 bridgehead atoms. The number of pyridine rings is 1. The molecule has 0 unspecified atom stereocenters. The Balaban J connectivity index is 2.01. The van der Waals surface area contributed by atoms with Gasteiger partial charge in [0.1, 0.15) is 5.82 Å². The lowest BCUT2D eigenvalue weighted by Gasteiger charge is -2.04. The van der Waals surface area contributed by atoms with Crippen molar-refractivity contribution in [1.82, 2.24) is 10.3 Å². The van der Waals surface area contributed by atoms with Crippen molar-refractivity contribution < 1.29 is 4.79 Å². The first-order chi connectivity index (χ1) is 8.56. The highest BCUT2D eigenvalue weighted by atomic mass is 79.9. The van der Waals surface area contributed by atoms with Crippen molar-refractivity contribution in [3.05, 3.63) is 43.6 Å². The topological polar surface area (TPSA) is 68.0 Å². The summed E-state index contributed by atoms with van der Waals surface area (Å²) in [5.41, 5.74) is 5.87. The number of thiophene rings is 1. The van der Waals surface area contributed by atoms with Gasteiger partial charge in [0.2, 0.25) is 0 Å². The largest absolute Gasteiger partial charge is 0.382 e. The maximum atomic E-state index is 11.8. The summed E-state index contributed by atoms with van der Waals surface area (Å²) in [6, 6.07) is 3.46. The first kappa shape index (κ1) is 13.3. The van der Waals surface area contributed by atoms with Crippen LogP contribution in [0.3, 0.4) is 0 Å². The SMILES string of the molecule is Nc1ncc(C(=O)NCc2cc(Br)cs2)cc1Cl. The van der Waals surface area contributed by atoms with Crippen LogP contribution in [0, 0.1) is 0 Å². The Morgan fingerprint density at radius 1 is 1.56 bits per heavy atom. The minimum atomic E-state index is -0.228. The summed E-state index contributed by atoms with van der Waals surface area (Å²) < 4.78 is 1.01. The van der Waals surface area contributed by atoms with Crippen molar-refractivity contribution in [2.75, 3.05) is 5.73 Å². The lowest BCUT2D eigenvalue weighted by Crippen LogP contribution is -2.22. The number of aromatic nitrogens is 1. The fourth-order valence-electron chi connectivity index (χ4n) is 1.29. The van der Waals surface area contributed by atoms with Crippen LogP contribution in [0.15, 0.2) is 28.2 Å². The Labute approximate surface area is 121 Å². The summed E-state index contributed by atoms with van der Waals surface area (Å²) in [6.45, 7) is 0.469. The molecule has 1 amide bonds. The van der Waals surface area contributed by atoms with E-state index in [-0.39, 0.29) is 16.7 Å². The summed E-state index contributed by atoms with van der Waals surface area (Å²) in [5.74, 6) is -0.00988. The van der Waals surface area contributed by atoms with Gasteiger partial charge in [0.15, 0.2) is 0 Å². The standard InChI is InChI=1S/C11H9BrClN3OS/c12-7-2-8(18-5-7)4-16-11(17)6-1-9(13)10(14)15-3-6/h1-3,5H,4H2,(H2,14,15)(H,16,17). The third-order valence-electron chi connectivity index (χ3n) is 2.18. The molecule has 0 aliphatic heterocycles. The third-order valence-corrected chi connectivity index (χ3v) is 4.18. The van der Waals surface area contributed by atoms with Gasteiger partial charge in [-0.3, -0.25) is 4.79 Å². The number of hydrogen-bond acceptors (Lipinski definition) is 4. The number of halogens is 2. The molecule has 2 heterocycles. The van der Waals surface area contributed by atoms with Gasteiger partial charge in [0.25, 0.3) is 5.91 Å². The second-order valence-corrected chi connectivity index (χ2v) is 5.82. The molecular weight excluding hydrogens is 338 g/mol. The summed E-state index contributed by atoms with van der Waals surface area (Å²) in [5, 5.41) is 5.03. The van der Waals surface area contributed by atoms with Crippen molar-refractivity contribution in [3.8, 4) is 0 Å². The quantitative estimate of drug-likeness (QED) is 0.897. The molecule has 0 fully saturated rings. The molecule has 0 saturated heterocycles. The van der Waals surface area contributed by atoms with E-state index in [2.05, 4.69) is 26.2 Å². The van der Waals surface area contributed by atoms with Crippen molar-refractivity contribution >= 4 is 50.6 Å². The van der Waals surface area contributed by atoms with E-state index >= 15 is 0 Å². The fraction of sp³-hybridized carbons (Fsp3) is 0.0909. The molecule has 94 valence electrons. The number of nitrogens with zero attached hydrogens (tertiary/aromatic N) is 1. The van der Waals surface area contributed by atoms with Gasteiger partial charge >= 0.3 is 0 Å². The van der Waals surface area contributed by atoms with E-state index in [9.17, 15) is 4.79 Å². The molecule has 18 heavy (non-hydrogen) atoms.